The van der Waals surface area contributed by atoms with Crippen molar-refractivity contribution in [1.82, 2.24) is 24.6 Å². The molecule has 37 heavy (non-hydrogen) atoms. The number of halogens is 2. The van der Waals surface area contributed by atoms with Crippen molar-refractivity contribution in [2.75, 3.05) is 43.1 Å². The Morgan fingerprint density at radius 1 is 1.24 bits per heavy atom. The van der Waals surface area contributed by atoms with Crippen molar-refractivity contribution in [3.8, 4) is 11.4 Å². The first-order chi connectivity index (χ1) is 17.8. The summed E-state index contributed by atoms with van der Waals surface area (Å²) in [5.74, 6) is 0.257. The van der Waals surface area contributed by atoms with Crippen LogP contribution in [0.1, 0.15) is 19.0 Å². The quantitative estimate of drug-likeness (QED) is 0.413. The summed E-state index contributed by atoms with van der Waals surface area (Å²) in [6, 6.07) is 5.18. The molecule has 0 spiro atoms. The molecule has 0 bridgehead atoms. The zero-order valence-electron chi connectivity index (χ0n) is 19.8. The Kier molecular flexibility index (Phi) is 5.60. The Balaban J connectivity index is 1.37. The van der Waals surface area contributed by atoms with Gasteiger partial charge in [-0.2, -0.15) is 0 Å². The van der Waals surface area contributed by atoms with Crippen LogP contribution in [0.4, 0.5) is 25.1 Å². The topological polar surface area (TPSA) is 127 Å². The summed E-state index contributed by atoms with van der Waals surface area (Å²) in [5, 5.41) is 16.2. The molecule has 2 saturated heterocycles. The molecule has 0 radical (unpaired) electrons. The minimum Gasteiger partial charge on any atom is -0.465 e. The van der Waals surface area contributed by atoms with Crippen LogP contribution in [0.25, 0.3) is 27.8 Å². The number of nitrogens with one attached hydrogen (secondary N) is 1. The molecular weight excluding hydrogens is 488 g/mol. The predicted molar refractivity (Wildman–Crippen MR) is 129 cm³/mol. The van der Waals surface area contributed by atoms with Crippen molar-refractivity contribution < 1.29 is 28.2 Å². The molecule has 2 N–H and O–H groups in total. The van der Waals surface area contributed by atoms with Crippen LogP contribution in [0.2, 0.25) is 0 Å². The number of fused-ring (bicyclic) bond motifs is 2. The zero-order valence-corrected chi connectivity index (χ0v) is 19.8. The van der Waals surface area contributed by atoms with Gasteiger partial charge in [-0.15, -0.1) is 5.10 Å². The van der Waals surface area contributed by atoms with Crippen LogP contribution < -0.4 is 10.2 Å². The minimum atomic E-state index is -2.83. The third-order valence-corrected chi connectivity index (χ3v) is 6.87. The number of carbonyl (C=O) groups is 1. The maximum atomic E-state index is 13.6. The van der Waals surface area contributed by atoms with Crippen molar-refractivity contribution in [2.24, 2.45) is 5.41 Å². The number of hydrogen-bond acceptors (Lipinski definition) is 8. The van der Waals surface area contributed by atoms with E-state index < -0.39 is 18.2 Å². The first kappa shape index (κ1) is 23.4. The maximum Gasteiger partial charge on any atom is 0.410 e. The number of rotatable bonds is 5. The summed E-state index contributed by atoms with van der Waals surface area (Å²) in [6.07, 6.45) is 0.228. The molecule has 192 valence electrons. The summed E-state index contributed by atoms with van der Waals surface area (Å²) < 4.78 is 40.3. The van der Waals surface area contributed by atoms with E-state index in [0.29, 0.717) is 36.4 Å². The van der Waals surface area contributed by atoms with Crippen LogP contribution in [0.15, 0.2) is 36.8 Å². The fraction of sp³-hybridized carbons (Fsp3) is 0.375. The van der Waals surface area contributed by atoms with E-state index in [4.69, 9.17) is 14.6 Å². The van der Waals surface area contributed by atoms with Crippen molar-refractivity contribution in [3.05, 3.63) is 42.5 Å². The molecule has 2 aliphatic heterocycles. The first-order valence-electron chi connectivity index (χ1n) is 11.7. The lowest BCUT2D eigenvalue weighted by Crippen LogP contribution is -2.57. The van der Waals surface area contributed by atoms with Gasteiger partial charge in [-0.3, -0.25) is 10.3 Å². The monoisotopic (exact) mass is 511 g/mol. The number of nitrogens with zero attached hydrogens (tertiary/aromatic N) is 6. The molecule has 13 heteroatoms. The minimum absolute atomic E-state index is 0.00481. The van der Waals surface area contributed by atoms with Gasteiger partial charge in [0, 0.05) is 47.2 Å². The van der Waals surface area contributed by atoms with Gasteiger partial charge in [0.15, 0.2) is 11.5 Å². The Morgan fingerprint density at radius 2 is 2.08 bits per heavy atom. The fourth-order valence-electron chi connectivity index (χ4n) is 4.77. The highest BCUT2D eigenvalue weighted by atomic mass is 19.3. The Hall–Kier alpha value is -3.97. The normalized spacial score (nSPS) is 19.4. The molecule has 0 saturated carbocycles. The van der Waals surface area contributed by atoms with Crippen LogP contribution in [0, 0.1) is 5.41 Å². The van der Waals surface area contributed by atoms with E-state index in [0.717, 1.165) is 18.8 Å². The van der Waals surface area contributed by atoms with Gasteiger partial charge in [-0.25, -0.2) is 28.1 Å². The van der Waals surface area contributed by atoms with E-state index in [1.54, 1.807) is 4.52 Å². The van der Waals surface area contributed by atoms with Gasteiger partial charge < -0.3 is 19.5 Å². The van der Waals surface area contributed by atoms with Crippen LogP contribution in [-0.2, 0) is 9.47 Å². The standard InChI is InChI=1S/C24H23F2N7O4/c1-24(11-36-12-24)17-10-32(4-5-37-17)13-2-3-19-30-22(31-33(19)9-13)16-8-28-20(21(25)26)15-7-27-18(6-14(15)16)29-23(34)35/h2-3,6-9,17,21H,4-5,10-12H2,1H3,(H,27,29)(H,34,35)/t17-/m0/s1. The molecule has 6 heterocycles. The average Bonchev–Trinajstić information content (AvgIpc) is 3.29. The van der Waals surface area contributed by atoms with Crippen molar-refractivity contribution in [1.29, 1.82) is 0 Å². The van der Waals surface area contributed by atoms with E-state index in [2.05, 4.69) is 37.2 Å². The third kappa shape index (κ3) is 4.19. The molecule has 2 aliphatic rings. The highest BCUT2D eigenvalue weighted by molar-refractivity contribution is 5.98. The van der Waals surface area contributed by atoms with Crippen molar-refractivity contribution in [3.63, 3.8) is 0 Å². The van der Waals surface area contributed by atoms with Gasteiger partial charge in [0.05, 0.1) is 37.8 Å². The van der Waals surface area contributed by atoms with E-state index >= 15 is 0 Å². The molecule has 6 rings (SSSR count). The molecule has 1 amide bonds. The van der Waals surface area contributed by atoms with Crippen molar-refractivity contribution in [2.45, 2.75) is 19.5 Å². The summed E-state index contributed by atoms with van der Waals surface area (Å²) in [6.45, 7) is 5.60. The number of pyridine rings is 3. The van der Waals surface area contributed by atoms with Crippen molar-refractivity contribution >= 4 is 34.0 Å². The smallest absolute Gasteiger partial charge is 0.410 e. The molecule has 0 aromatic carbocycles. The molecule has 2 fully saturated rings. The zero-order chi connectivity index (χ0) is 25.7. The Bertz CT molecular complexity index is 1510. The second kappa shape index (κ2) is 8.85. The second-order valence-corrected chi connectivity index (χ2v) is 9.48. The number of amides is 1. The van der Waals surface area contributed by atoms with Gasteiger partial charge in [-0.1, -0.05) is 6.92 Å². The second-order valence-electron chi connectivity index (χ2n) is 9.48. The number of aromatic nitrogens is 5. The molecular formula is C24H23F2N7O4. The fourth-order valence-corrected chi connectivity index (χ4v) is 4.77. The summed E-state index contributed by atoms with van der Waals surface area (Å²) in [4.78, 5) is 25.7. The van der Waals surface area contributed by atoms with Gasteiger partial charge >= 0.3 is 6.09 Å². The number of ether oxygens (including phenoxy) is 2. The molecule has 0 unspecified atom stereocenters. The van der Waals surface area contributed by atoms with E-state index in [1.807, 2.05) is 18.3 Å². The largest absolute Gasteiger partial charge is 0.465 e. The van der Waals surface area contributed by atoms with Gasteiger partial charge in [-0.05, 0) is 18.2 Å². The molecule has 0 aliphatic carbocycles. The molecule has 4 aromatic heterocycles. The van der Waals surface area contributed by atoms with Crippen LogP contribution >= 0.6 is 0 Å². The maximum absolute atomic E-state index is 13.6. The number of anilines is 2. The van der Waals surface area contributed by atoms with E-state index in [1.165, 1.54) is 18.5 Å². The van der Waals surface area contributed by atoms with Gasteiger partial charge in [0.25, 0.3) is 6.43 Å². The van der Waals surface area contributed by atoms with Crippen LogP contribution in [0.3, 0.4) is 0 Å². The summed E-state index contributed by atoms with van der Waals surface area (Å²) >= 11 is 0. The molecule has 11 nitrogen and oxygen atoms in total. The first-order valence-corrected chi connectivity index (χ1v) is 11.7. The predicted octanol–water partition coefficient (Wildman–Crippen LogP) is 3.61. The van der Waals surface area contributed by atoms with Gasteiger partial charge in [0.1, 0.15) is 11.5 Å². The number of carboxylic acid groups (broad SMARTS) is 1. The van der Waals surface area contributed by atoms with Crippen LogP contribution in [-0.4, -0.2) is 74.8 Å². The molecule has 4 aromatic rings. The molecule has 1 atom stereocenters. The Morgan fingerprint density at radius 3 is 2.81 bits per heavy atom. The van der Waals surface area contributed by atoms with E-state index in [-0.39, 0.29) is 28.5 Å². The lowest BCUT2D eigenvalue weighted by Gasteiger charge is -2.48. The summed E-state index contributed by atoms with van der Waals surface area (Å²) in [5.41, 5.74) is 1.45. The number of morpholine rings is 1. The average molecular weight is 511 g/mol. The Labute approximate surface area is 209 Å². The van der Waals surface area contributed by atoms with E-state index in [9.17, 15) is 13.6 Å². The lowest BCUT2D eigenvalue weighted by molar-refractivity contribution is -0.179. The number of alkyl halides is 2. The highest BCUT2D eigenvalue weighted by Crippen LogP contribution is 2.36. The number of hydrogen-bond donors (Lipinski definition) is 2. The van der Waals surface area contributed by atoms with Crippen LogP contribution in [0.5, 0.6) is 0 Å². The highest BCUT2D eigenvalue weighted by Gasteiger charge is 2.44. The van der Waals surface area contributed by atoms with Gasteiger partial charge in [0.2, 0.25) is 0 Å². The summed E-state index contributed by atoms with van der Waals surface area (Å²) in [7, 11) is 0. The third-order valence-electron chi connectivity index (χ3n) is 6.87. The lowest BCUT2D eigenvalue weighted by atomic mass is 9.81. The SMILES string of the molecule is CC1([C@@H]2CN(c3ccc4nc(-c5cnc(C(F)F)c6cnc(NC(=O)O)cc56)nn4c3)CCO2)COC1.